The van der Waals surface area contributed by atoms with Crippen molar-refractivity contribution in [3.05, 3.63) is 23.0 Å². The summed E-state index contributed by atoms with van der Waals surface area (Å²) in [6.07, 6.45) is 1.45. The van der Waals surface area contributed by atoms with Crippen molar-refractivity contribution in [2.75, 3.05) is 12.3 Å². The van der Waals surface area contributed by atoms with Gasteiger partial charge in [-0.15, -0.1) is 0 Å². The van der Waals surface area contributed by atoms with Gasteiger partial charge in [0.1, 0.15) is 0 Å². The van der Waals surface area contributed by atoms with E-state index in [9.17, 15) is 0 Å². The summed E-state index contributed by atoms with van der Waals surface area (Å²) in [5, 5.41) is 9.44. The minimum Gasteiger partial charge on any atom is -0.397 e. The summed E-state index contributed by atoms with van der Waals surface area (Å²) >= 11 is 5.66. The number of anilines is 1. The van der Waals surface area contributed by atoms with E-state index in [4.69, 9.17) is 28.2 Å². The minimum atomic E-state index is -0.922. The lowest BCUT2D eigenvalue weighted by atomic mass is 9.98. The monoisotopic (exact) mass is 201 g/mol. The molecule has 0 aliphatic heterocycles. The Morgan fingerprint density at radius 2 is 2.31 bits per heavy atom. The maximum absolute atomic E-state index is 8.99. The molecular formula is C8H12ClN3O. The average Bonchev–Trinajstić information content (AvgIpc) is 2.03. The first kappa shape index (κ1) is 10.2. The molecule has 1 rings (SSSR count). The molecule has 1 aromatic rings. The number of hydrogen-bond donors (Lipinski definition) is 3. The molecule has 4 nitrogen and oxygen atoms in total. The van der Waals surface area contributed by atoms with Gasteiger partial charge in [-0.2, -0.15) is 0 Å². The lowest BCUT2D eigenvalue weighted by Crippen LogP contribution is -2.38. The first-order valence-corrected chi connectivity index (χ1v) is 4.16. The lowest BCUT2D eigenvalue weighted by Gasteiger charge is -2.22. The van der Waals surface area contributed by atoms with Crippen LogP contribution >= 0.6 is 11.6 Å². The van der Waals surface area contributed by atoms with Gasteiger partial charge in [-0.25, -0.2) is 0 Å². The molecule has 0 aliphatic carbocycles. The van der Waals surface area contributed by atoms with Crippen molar-refractivity contribution < 1.29 is 5.11 Å². The summed E-state index contributed by atoms with van der Waals surface area (Å²) in [6.45, 7) is 1.44. The Hall–Kier alpha value is -0.840. The quantitative estimate of drug-likeness (QED) is 0.650. The lowest BCUT2D eigenvalue weighted by molar-refractivity contribution is 0.207. The highest BCUT2D eigenvalue weighted by atomic mass is 35.5. The maximum atomic E-state index is 8.99. The summed E-state index contributed by atoms with van der Waals surface area (Å²) in [4.78, 5) is 3.98. The van der Waals surface area contributed by atoms with E-state index in [-0.39, 0.29) is 6.61 Å². The van der Waals surface area contributed by atoms with E-state index in [1.807, 2.05) is 0 Å². The number of pyridine rings is 1. The van der Waals surface area contributed by atoms with Crippen LogP contribution in [0.5, 0.6) is 0 Å². The van der Waals surface area contributed by atoms with Crippen LogP contribution in [0.2, 0.25) is 5.02 Å². The highest BCUT2D eigenvalue weighted by molar-refractivity contribution is 6.30. The van der Waals surface area contributed by atoms with Gasteiger partial charge in [0.2, 0.25) is 0 Å². The summed E-state index contributed by atoms with van der Waals surface area (Å²) in [7, 11) is 0. The standard InChI is InChI=1S/C8H12ClN3O/c1-8(11,4-13)7-6(10)2-5(9)3-12-7/h2-3,13H,4,10-11H2,1H3/t8-/m0/s1. The summed E-state index contributed by atoms with van der Waals surface area (Å²) in [5.41, 5.74) is 11.3. The first-order valence-electron chi connectivity index (χ1n) is 3.78. The smallest absolute Gasteiger partial charge is 0.0852 e. The topological polar surface area (TPSA) is 85.2 Å². The van der Waals surface area contributed by atoms with Crippen LogP contribution in [0.3, 0.4) is 0 Å². The number of aliphatic hydroxyl groups excluding tert-OH is 1. The SMILES string of the molecule is C[C@](N)(CO)c1ncc(Cl)cc1N. The second kappa shape index (κ2) is 3.49. The van der Waals surface area contributed by atoms with E-state index >= 15 is 0 Å². The number of nitrogens with two attached hydrogens (primary N) is 2. The molecule has 0 unspecified atom stereocenters. The van der Waals surface area contributed by atoms with Gasteiger partial charge in [0.05, 0.1) is 28.5 Å². The van der Waals surface area contributed by atoms with Crippen molar-refractivity contribution >= 4 is 17.3 Å². The average molecular weight is 202 g/mol. The van der Waals surface area contributed by atoms with Gasteiger partial charge in [-0.05, 0) is 13.0 Å². The van der Waals surface area contributed by atoms with E-state index < -0.39 is 5.54 Å². The predicted octanol–water partition coefficient (Wildman–Crippen LogP) is 0.483. The Balaban J connectivity index is 3.16. The van der Waals surface area contributed by atoms with Gasteiger partial charge in [0, 0.05) is 6.20 Å². The number of nitrogens with zero attached hydrogens (tertiary/aromatic N) is 1. The molecule has 1 atom stereocenters. The number of rotatable bonds is 2. The molecular weight excluding hydrogens is 190 g/mol. The molecule has 0 saturated heterocycles. The Labute approximate surface area is 81.5 Å². The van der Waals surface area contributed by atoms with Crippen LogP contribution in [-0.4, -0.2) is 16.7 Å². The summed E-state index contributed by atoms with van der Waals surface area (Å²) in [5.74, 6) is 0. The molecule has 1 heterocycles. The van der Waals surface area contributed by atoms with Crippen molar-refractivity contribution in [2.45, 2.75) is 12.5 Å². The zero-order chi connectivity index (χ0) is 10.1. The molecule has 0 radical (unpaired) electrons. The Morgan fingerprint density at radius 3 is 2.77 bits per heavy atom. The highest BCUT2D eigenvalue weighted by Gasteiger charge is 2.24. The van der Waals surface area contributed by atoms with Crippen molar-refractivity contribution in [3.63, 3.8) is 0 Å². The van der Waals surface area contributed by atoms with E-state index in [2.05, 4.69) is 4.98 Å². The van der Waals surface area contributed by atoms with Crippen LogP contribution in [0, 0.1) is 0 Å². The second-order valence-electron chi connectivity index (χ2n) is 3.17. The van der Waals surface area contributed by atoms with E-state index in [0.717, 1.165) is 0 Å². The molecule has 0 aromatic carbocycles. The van der Waals surface area contributed by atoms with Crippen LogP contribution in [0.1, 0.15) is 12.6 Å². The highest BCUT2D eigenvalue weighted by Crippen LogP contribution is 2.23. The van der Waals surface area contributed by atoms with Gasteiger partial charge >= 0.3 is 0 Å². The molecule has 0 amide bonds. The van der Waals surface area contributed by atoms with Gasteiger partial charge in [0.15, 0.2) is 0 Å². The van der Waals surface area contributed by atoms with Gasteiger partial charge < -0.3 is 16.6 Å². The zero-order valence-electron chi connectivity index (χ0n) is 7.29. The molecule has 0 fully saturated rings. The summed E-state index contributed by atoms with van der Waals surface area (Å²) in [6, 6.07) is 1.56. The maximum Gasteiger partial charge on any atom is 0.0852 e. The summed E-state index contributed by atoms with van der Waals surface area (Å²) < 4.78 is 0. The third-order valence-electron chi connectivity index (χ3n) is 1.75. The second-order valence-corrected chi connectivity index (χ2v) is 3.60. The molecule has 0 bridgehead atoms. The third-order valence-corrected chi connectivity index (χ3v) is 1.96. The first-order chi connectivity index (χ1) is 5.97. The Bertz CT molecular complexity index is 314. The van der Waals surface area contributed by atoms with Crippen molar-refractivity contribution in [1.82, 2.24) is 4.98 Å². The number of aromatic nitrogens is 1. The fourth-order valence-electron chi connectivity index (χ4n) is 1.01. The van der Waals surface area contributed by atoms with Crippen molar-refractivity contribution in [1.29, 1.82) is 0 Å². The van der Waals surface area contributed by atoms with Crippen LogP contribution in [-0.2, 0) is 5.54 Å². The van der Waals surface area contributed by atoms with Crippen LogP contribution in [0.15, 0.2) is 12.3 Å². The van der Waals surface area contributed by atoms with E-state index in [0.29, 0.717) is 16.4 Å². The van der Waals surface area contributed by atoms with Gasteiger partial charge in [-0.1, -0.05) is 11.6 Å². The Kier molecular flexibility index (Phi) is 2.75. The number of hydrogen-bond acceptors (Lipinski definition) is 4. The molecule has 5 heteroatoms. The van der Waals surface area contributed by atoms with Crippen LogP contribution < -0.4 is 11.5 Å². The fourth-order valence-corrected chi connectivity index (χ4v) is 1.17. The normalized spacial score (nSPS) is 15.4. The molecule has 0 spiro atoms. The van der Waals surface area contributed by atoms with Crippen LogP contribution in [0.25, 0.3) is 0 Å². The third kappa shape index (κ3) is 2.09. The Morgan fingerprint density at radius 1 is 1.69 bits per heavy atom. The van der Waals surface area contributed by atoms with Gasteiger partial charge in [-0.3, -0.25) is 4.98 Å². The molecule has 13 heavy (non-hydrogen) atoms. The fraction of sp³-hybridized carbons (Fsp3) is 0.375. The van der Waals surface area contributed by atoms with Crippen LogP contribution in [0.4, 0.5) is 5.69 Å². The van der Waals surface area contributed by atoms with Gasteiger partial charge in [0.25, 0.3) is 0 Å². The van der Waals surface area contributed by atoms with E-state index in [1.54, 1.807) is 13.0 Å². The largest absolute Gasteiger partial charge is 0.397 e. The van der Waals surface area contributed by atoms with E-state index in [1.165, 1.54) is 6.20 Å². The minimum absolute atomic E-state index is 0.216. The van der Waals surface area contributed by atoms with Crippen molar-refractivity contribution in [3.8, 4) is 0 Å². The number of aliphatic hydroxyl groups is 1. The number of nitrogen functional groups attached to an aromatic ring is 1. The molecule has 5 N–H and O–H groups in total. The molecule has 0 saturated carbocycles. The molecule has 0 aliphatic rings. The number of halogens is 1. The predicted molar refractivity (Wildman–Crippen MR) is 52.3 cm³/mol. The molecule has 1 aromatic heterocycles. The molecule has 72 valence electrons. The van der Waals surface area contributed by atoms with Crippen molar-refractivity contribution in [2.24, 2.45) is 5.73 Å². The zero-order valence-corrected chi connectivity index (χ0v) is 8.04.